The number of aromatic nitrogens is 2. The second-order valence-electron chi connectivity index (χ2n) is 5.16. The summed E-state index contributed by atoms with van der Waals surface area (Å²) in [6.07, 6.45) is 0.401. The summed E-state index contributed by atoms with van der Waals surface area (Å²) in [7, 11) is 0. The molecule has 1 aromatic carbocycles. The Hall–Kier alpha value is -2.63. The molecule has 1 aromatic heterocycles. The van der Waals surface area contributed by atoms with Gasteiger partial charge in [0.25, 0.3) is 0 Å². The molecule has 3 N–H and O–H groups in total. The first-order chi connectivity index (χ1) is 11.2. The Bertz CT molecular complexity index is 630. The summed E-state index contributed by atoms with van der Waals surface area (Å²) < 4.78 is 0. The molecule has 0 atom stereocenters. The minimum absolute atomic E-state index is 0.0187. The Kier molecular flexibility index (Phi) is 6.35. The van der Waals surface area contributed by atoms with Gasteiger partial charge in [0.2, 0.25) is 5.91 Å². The van der Waals surface area contributed by atoms with E-state index in [0.717, 1.165) is 23.7 Å². The van der Waals surface area contributed by atoms with Crippen LogP contribution in [0.15, 0.2) is 36.4 Å². The van der Waals surface area contributed by atoms with E-state index < -0.39 is 0 Å². The Balaban J connectivity index is 1.73. The number of amides is 1. The van der Waals surface area contributed by atoms with E-state index in [-0.39, 0.29) is 5.91 Å². The highest BCUT2D eigenvalue weighted by molar-refractivity contribution is 5.78. The van der Waals surface area contributed by atoms with Crippen LogP contribution in [0.5, 0.6) is 0 Å². The van der Waals surface area contributed by atoms with Gasteiger partial charge in [0, 0.05) is 25.7 Å². The van der Waals surface area contributed by atoms with Crippen molar-refractivity contribution in [3.8, 4) is 0 Å². The quantitative estimate of drug-likeness (QED) is 0.650. The molecule has 0 saturated carbocycles. The van der Waals surface area contributed by atoms with Crippen LogP contribution in [0.2, 0.25) is 0 Å². The molecule has 0 aliphatic rings. The second kappa shape index (κ2) is 8.73. The van der Waals surface area contributed by atoms with Crippen LogP contribution in [0.3, 0.4) is 0 Å². The van der Waals surface area contributed by atoms with Crippen molar-refractivity contribution in [2.24, 2.45) is 0 Å². The molecule has 1 amide bonds. The first-order valence-corrected chi connectivity index (χ1v) is 7.81. The van der Waals surface area contributed by atoms with Crippen molar-refractivity contribution in [3.63, 3.8) is 0 Å². The number of carbonyl (C=O) groups excluding carboxylic acids is 1. The van der Waals surface area contributed by atoms with Crippen molar-refractivity contribution in [3.05, 3.63) is 47.8 Å². The van der Waals surface area contributed by atoms with E-state index in [1.54, 1.807) is 0 Å². The number of anilines is 2. The molecular formula is C17H23N5O. The summed E-state index contributed by atoms with van der Waals surface area (Å²) in [5.41, 5.74) is 1.01. The smallest absolute Gasteiger partial charge is 0.224 e. The van der Waals surface area contributed by atoms with Gasteiger partial charge in [-0.15, -0.1) is 0 Å². The average molecular weight is 313 g/mol. The first-order valence-electron chi connectivity index (χ1n) is 7.81. The van der Waals surface area contributed by atoms with Gasteiger partial charge in [-0.2, -0.15) is 0 Å². The van der Waals surface area contributed by atoms with Crippen molar-refractivity contribution < 1.29 is 4.79 Å². The van der Waals surface area contributed by atoms with E-state index in [2.05, 4.69) is 25.9 Å². The summed E-state index contributed by atoms with van der Waals surface area (Å²) in [5.74, 6) is 2.28. The van der Waals surface area contributed by atoms with Gasteiger partial charge >= 0.3 is 0 Å². The number of benzene rings is 1. The van der Waals surface area contributed by atoms with Crippen LogP contribution in [-0.4, -0.2) is 35.5 Å². The maximum Gasteiger partial charge on any atom is 0.224 e. The molecule has 6 heteroatoms. The summed E-state index contributed by atoms with van der Waals surface area (Å²) >= 11 is 0. The van der Waals surface area contributed by atoms with E-state index in [9.17, 15) is 4.79 Å². The van der Waals surface area contributed by atoms with Gasteiger partial charge in [-0.25, -0.2) is 9.97 Å². The Labute approximate surface area is 136 Å². The number of aryl methyl sites for hydroxylation is 1. The molecule has 6 nitrogen and oxygen atoms in total. The van der Waals surface area contributed by atoms with Crippen molar-refractivity contribution in [1.82, 2.24) is 15.3 Å². The van der Waals surface area contributed by atoms with Crippen molar-refractivity contribution >= 4 is 17.5 Å². The van der Waals surface area contributed by atoms with Crippen LogP contribution in [-0.2, 0) is 11.2 Å². The number of carbonyl (C=O) groups is 1. The number of hydrogen-bond acceptors (Lipinski definition) is 5. The number of nitrogens with one attached hydrogen (secondary N) is 3. The Morgan fingerprint density at radius 1 is 1.04 bits per heavy atom. The molecule has 0 radical (unpaired) electrons. The van der Waals surface area contributed by atoms with Crippen molar-refractivity contribution in [1.29, 1.82) is 0 Å². The van der Waals surface area contributed by atoms with Crippen molar-refractivity contribution in [2.75, 3.05) is 30.3 Å². The minimum Gasteiger partial charge on any atom is -0.370 e. The molecule has 122 valence electrons. The highest BCUT2D eigenvalue weighted by atomic mass is 16.1. The SMILES string of the molecule is CCNc1cc(NCCNC(=O)Cc2ccccc2)nc(C)n1. The predicted octanol–water partition coefficient (Wildman–Crippen LogP) is 1.99. The highest BCUT2D eigenvalue weighted by Crippen LogP contribution is 2.10. The molecule has 0 aliphatic heterocycles. The van der Waals surface area contributed by atoms with Crippen LogP contribution >= 0.6 is 0 Å². The van der Waals surface area contributed by atoms with Gasteiger partial charge in [0.15, 0.2) is 0 Å². The lowest BCUT2D eigenvalue weighted by molar-refractivity contribution is -0.120. The largest absolute Gasteiger partial charge is 0.370 e. The van der Waals surface area contributed by atoms with E-state index in [1.165, 1.54) is 0 Å². The second-order valence-corrected chi connectivity index (χ2v) is 5.16. The van der Waals surface area contributed by atoms with E-state index in [4.69, 9.17) is 0 Å². The lowest BCUT2D eigenvalue weighted by Gasteiger charge is -2.10. The molecular weight excluding hydrogens is 290 g/mol. The van der Waals surface area contributed by atoms with Crippen LogP contribution < -0.4 is 16.0 Å². The minimum atomic E-state index is 0.0187. The van der Waals surface area contributed by atoms with Crippen LogP contribution in [0.4, 0.5) is 11.6 Å². The maximum absolute atomic E-state index is 11.8. The van der Waals surface area contributed by atoms with E-state index >= 15 is 0 Å². The van der Waals surface area contributed by atoms with Gasteiger partial charge in [0.1, 0.15) is 17.5 Å². The number of hydrogen-bond donors (Lipinski definition) is 3. The summed E-state index contributed by atoms with van der Waals surface area (Å²) in [6, 6.07) is 11.6. The Morgan fingerprint density at radius 2 is 1.74 bits per heavy atom. The average Bonchev–Trinajstić information content (AvgIpc) is 2.52. The first kappa shape index (κ1) is 16.7. The molecule has 2 aromatic rings. The topological polar surface area (TPSA) is 78.9 Å². The fraction of sp³-hybridized carbons (Fsp3) is 0.353. The molecule has 0 aliphatic carbocycles. The molecule has 0 spiro atoms. The molecule has 23 heavy (non-hydrogen) atoms. The summed E-state index contributed by atoms with van der Waals surface area (Å²) in [6.45, 7) is 5.85. The molecule has 0 unspecified atom stereocenters. The molecule has 0 bridgehead atoms. The standard InChI is InChI=1S/C17H23N5O/c1-3-18-15-12-16(22-13(2)21-15)19-9-10-20-17(23)11-14-7-5-4-6-8-14/h4-8,12H,3,9-11H2,1-2H3,(H,20,23)(H2,18,19,21,22). The number of nitrogens with zero attached hydrogens (tertiary/aromatic N) is 2. The molecule has 0 saturated heterocycles. The highest BCUT2D eigenvalue weighted by Gasteiger charge is 2.03. The normalized spacial score (nSPS) is 10.2. The van der Waals surface area contributed by atoms with Crippen LogP contribution in [0.1, 0.15) is 18.3 Å². The van der Waals surface area contributed by atoms with Gasteiger partial charge in [-0.1, -0.05) is 30.3 Å². The fourth-order valence-corrected chi connectivity index (χ4v) is 2.17. The zero-order valence-corrected chi connectivity index (χ0v) is 13.6. The van der Waals surface area contributed by atoms with Gasteiger partial charge in [-0.3, -0.25) is 4.79 Å². The summed E-state index contributed by atoms with van der Waals surface area (Å²) in [5, 5.41) is 9.26. The van der Waals surface area contributed by atoms with Crippen LogP contribution in [0, 0.1) is 6.92 Å². The van der Waals surface area contributed by atoms with E-state index in [0.29, 0.717) is 25.3 Å². The third-order valence-electron chi connectivity index (χ3n) is 3.16. The fourth-order valence-electron chi connectivity index (χ4n) is 2.17. The van der Waals surface area contributed by atoms with Gasteiger partial charge < -0.3 is 16.0 Å². The lowest BCUT2D eigenvalue weighted by atomic mass is 10.1. The monoisotopic (exact) mass is 313 g/mol. The third-order valence-corrected chi connectivity index (χ3v) is 3.16. The summed E-state index contributed by atoms with van der Waals surface area (Å²) in [4.78, 5) is 20.5. The molecule has 1 heterocycles. The lowest BCUT2D eigenvalue weighted by Crippen LogP contribution is -2.30. The third kappa shape index (κ3) is 5.94. The zero-order chi connectivity index (χ0) is 16.5. The number of rotatable bonds is 8. The predicted molar refractivity (Wildman–Crippen MR) is 92.6 cm³/mol. The maximum atomic E-state index is 11.8. The van der Waals surface area contributed by atoms with Crippen LogP contribution in [0.25, 0.3) is 0 Å². The molecule has 2 rings (SSSR count). The van der Waals surface area contributed by atoms with E-state index in [1.807, 2.05) is 50.2 Å². The van der Waals surface area contributed by atoms with Gasteiger partial charge in [0.05, 0.1) is 6.42 Å². The van der Waals surface area contributed by atoms with Crippen molar-refractivity contribution in [2.45, 2.75) is 20.3 Å². The van der Waals surface area contributed by atoms with Gasteiger partial charge in [-0.05, 0) is 19.4 Å². The molecule has 0 fully saturated rings. The Morgan fingerprint density at radius 3 is 2.43 bits per heavy atom. The zero-order valence-electron chi connectivity index (χ0n) is 13.6.